The molecule has 140 valence electrons. The maximum Gasteiger partial charge on any atom is 0.0163 e. The van der Waals surface area contributed by atoms with Crippen molar-refractivity contribution in [2.24, 2.45) is 11.5 Å². The Hall–Kier alpha value is -0.0800. The van der Waals surface area contributed by atoms with E-state index in [4.69, 9.17) is 11.5 Å². The zero-order valence-electron chi connectivity index (χ0n) is 16.2. The van der Waals surface area contributed by atoms with Crippen LogP contribution in [0, 0.1) is 0 Å². The van der Waals surface area contributed by atoms with Crippen LogP contribution >= 0.6 is 0 Å². The Bertz CT molecular complexity index is 206. The Morgan fingerprint density at radius 3 is 1.13 bits per heavy atom. The first-order valence-electron chi connectivity index (χ1n) is 10.8. The molecule has 4 N–H and O–H groups in total. The molecule has 0 aromatic rings. The maximum absolute atomic E-state index is 5.81. The van der Waals surface area contributed by atoms with Gasteiger partial charge in [0.25, 0.3) is 0 Å². The molecular formula is C21H46N2. The molecule has 0 aromatic heterocycles. The van der Waals surface area contributed by atoms with Crippen molar-refractivity contribution in [2.45, 2.75) is 129 Å². The number of hydrogen-bond acceptors (Lipinski definition) is 2. The Balaban J connectivity index is 2.97. The standard InChI is InChI=1S/C21H46N2/c1-2-3-4-5-6-7-8-9-10-11-12-13-14-15-16-17-18-19-21(23)20-22/h21H,2-20,22-23H2,1H3. The minimum Gasteiger partial charge on any atom is -0.329 e. The summed E-state index contributed by atoms with van der Waals surface area (Å²) in [5.74, 6) is 0. The summed E-state index contributed by atoms with van der Waals surface area (Å²) >= 11 is 0. The van der Waals surface area contributed by atoms with E-state index in [-0.39, 0.29) is 6.04 Å². The minimum atomic E-state index is 0.228. The molecule has 0 aliphatic rings. The zero-order valence-corrected chi connectivity index (χ0v) is 16.2. The third-order valence-corrected chi connectivity index (χ3v) is 4.98. The smallest absolute Gasteiger partial charge is 0.0163 e. The molecule has 0 bridgehead atoms. The van der Waals surface area contributed by atoms with Gasteiger partial charge in [0, 0.05) is 12.6 Å². The summed E-state index contributed by atoms with van der Waals surface area (Å²) in [4.78, 5) is 0. The lowest BCUT2D eigenvalue weighted by molar-refractivity contribution is 0.514. The van der Waals surface area contributed by atoms with Gasteiger partial charge in [-0.2, -0.15) is 0 Å². The molecule has 0 aliphatic heterocycles. The lowest BCUT2D eigenvalue weighted by Crippen LogP contribution is -2.29. The van der Waals surface area contributed by atoms with Crippen LogP contribution < -0.4 is 11.5 Å². The van der Waals surface area contributed by atoms with Crippen molar-refractivity contribution >= 4 is 0 Å². The zero-order chi connectivity index (χ0) is 17.0. The lowest BCUT2D eigenvalue weighted by Gasteiger charge is -2.07. The van der Waals surface area contributed by atoms with Crippen LogP contribution in [0.15, 0.2) is 0 Å². The second kappa shape index (κ2) is 20.0. The molecule has 0 radical (unpaired) electrons. The van der Waals surface area contributed by atoms with Crippen molar-refractivity contribution in [2.75, 3.05) is 6.54 Å². The van der Waals surface area contributed by atoms with Crippen LogP contribution in [0.1, 0.15) is 122 Å². The second-order valence-electron chi connectivity index (χ2n) is 7.44. The highest BCUT2D eigenvalue weighted by Gasteiger charge is 1.98. The molecule has 0 saturated carbocycles. The molecule has 1 unspecified atom stereocenters. The van der Waals surface area contributed by atoms with Gasteiger partial charge in [-0.1, -0.05) is 116 Å². The number of rotatable bonds is 19. The number of unbranched alkanes of at least 4 members (excludes halogenated alkanes) is 16. The summed E-state index contributed by atoms with van der Waals surface area (Å²) < 4.78 is 0. The van der Waals surface area contributed by atoms with E-state index in [1.165, 1.54) is 109 Å². The predicted molar refractivity (Wildman–Crippen MR) is 106 cm³/mol. The highest BCUT2D eigenvalue weighted by atomic mass is 14.7. The molecule has 0 amide bonds. The predicted octanol–water partition coefficient (Wildman–Crippen LogP) is 6.31. The van der Waals surface area contributed by atoms with Gasteiger partial charge in [-0.25, -0.2) is 0 Å². The molecule has 2 heteroatoms. The second-order valence-corrected chi connectivity index (χ2v) is 7.44. The third kappa shape index (κ3) is 19.9. The van der Waals surface area contributed by atoms with E-state index >= 15 is 0 Å². The van der Waals surface area contributed by atoms with E-state index in [0.29, 0.717) is 6.54 Å². The van der Waals surface area contributed by atoms with Crippen LogP contribution in [0.25, 0.3) is 0 Å². The van der Waals surface area contributed by atoms with E-state index in [2.05, 4.69) is 6.92 Å². The van der Waals surface area contributed by atoms with Gasteiger partial charge in [0.05, 0.1) is 0 Å². The molecule has 0 saturated heterocycles. The fraction of sp³-hybridized carbons (Fsp3) is 1.00. The molecule has 0 spiro atoms. The van der Waals surface area contributed by atoms with Gasteiger partial charge in [-0.3, -0.25) is 0 Å². The Kier molecular flexibility index (Phi) is 19.9. The molecule has 0 heterocycles. The largest absolute Gasteiger partial charge is 0.329 e. The highest BCUT2D eigenvalue weighted by Crippen LogP contribution is 2.14. The molecular weight excluding hydrogens is 280 g/mol. The number of hydrogen-bond donors (Lipinski definition) is 2. The molecule has 1 atom stereocenters. The summed E-state index contributed by atoms with van der Waals surface area (Å²) in [7, 11) is 0. The van der Waals surface area contributed by atoms with Crippen molar-refractivity contribution in [3.63, 3.8) is 0 Å². The third-order valence-electron chi connectivity index (χ3n) is 4.98. The van der Waals surface area contributed by atoms with Gasteiger partial charge in [-0.15, -0.1) is 0 Å². The van der Waals surface area contributed by atoms with Gasteiger partial charge in [0.15, 0.2) is 0 Å². The molecule has 0 fully saturated rings. The van der Waals surface area contributed by atoms with Crippen LogP contribution in [0.5, 0.6) is 0 Å². The maximum atomic E-state index is 5.81. The summed E-state index contributed by atoms with van der Waals surface area (Å²) in [5.41, 5.74) is 11.3. The lowest BCUT2D eigenvalue weighted by atomic mass is 10.0. The fourth-order valence-electron chi connectivity index (χ4n) is 3.25. The van der Waals surface area contributed by atoms with E-state index in [1.54, 1.807) is 0 Å². The van der Waals surface area contributed by atoms with Crippen LogP contribution in [-0.4, -0.2) is 12.6 Å². The molecule has 0 aromatic carbocycles. The van der Waals surface area contributed by atoms with Crippen LogP contribution in [0.4, 0.5) is 0 Å². The Labute approximate surface area is 147 Å². The first-order chi connectivity index (χ1) is 11.3. The van der Waals surface area contributed by atoms with Gasteiger partial charge >= 0.3 is 0 Å². The van der Waals surface area contributed by atoms with Crippen LogP contribution in [0.3, 0.4) is 0 Å². The van der Waals surface area contributed by atoms with Gasteiger partial charge < -0.3 is 11.5 Å². The molecule has 23 heavy (non-hydrogen) atoms. The Morgan fingerprint density at radius 2 is 0.826 bits per heavy atom. The quantitative estimate of drug-likeness (QED) is 0.273. The van der Waals surface area contributed by atoms with Crippen LogP contribution in [0.2, 0.25) is 0 Å². The summed E-state index contributed by atoms with van der Waals surface area (Å²) in [6.07, 6.45) is 25.3. The average molecular weight is 327 g/mol. The van der Waals surface area contributed by atoms with Crippen molar-refractivity contribution in [1.82, 2.24) is 0 Å². The monoisotopic (exact) mass is 326 g/mol. The summed E-state index contributed by atoms with van der Waals surface area (Å²) in [6, 6.07) is 0.228. The van der Waals surface area contributed by atoms with E-state index in [0.717, 1.165) is 6.42 Å². The van der Waals surface area contributed by atoms with Crippen LogP contribution in [-0.2, 0) is 0 Å². The van der Waals surface area contributed by atoms with Gasteiger partial charge in [0.2, 0.25) is 0 Å². The first-order valence-corrected chi connectivity index (χ1v) is 10.8. The summed E-state index contributed by atoms with van der Waals surface area (Å²) in [5, 5.41) is 0. The average Bonchev–Trinajstić information content (AvgIpc) is 2.57. The fourth-order valence-corrected chi connectivity index (χ4v) is 3.25. The first kappa shape index (κ1) is 22.9. The van der Waals surface area contributed by atoms with E-state index in [1.807, 2.05) is 0 Å². The number of nitrogens with two attached hydrogens (primary N) is 2. The van der Waals surface area contributed by atoms with E-state index in [9.17, 15) is 0 Å². The van der Waals surface area contributed by atoms with Crippen molar-refractivity contribution in [3.8, 4) is 0 Å². The van der Waals surface area contributed by atoms with E-state index < -0.39 is 0 Å². The van der Waals surface area contributed by atoms with Crippen molar-refractivity contribution in [3.05, 3.63) is 0 Å². The molecule has 2 nitrogen and oxygen atoms in total. The Morgan fingerprint density at radius 1 is 0.522 bits per heavy atom. The molecule has 0 rings (SSSR count). The SMILES string of the molecule is CCCCCCCCCCCCCCCCCCCC(N)CN. The topological polar surface area (TPSA) is 52.0 Å². The van der Waals surface area contributed by atoms with Crippen molar-refractivity contribution in [1.29, 1.82) is 0 Å². The van der Waals surface area contributed by atoms with Gasteiger partial charge in [0.1, 0.15) is 0 Å². The normalized spacial score (nSPS) is 12.7. The summed E-state index contributed by atoms with van der Waals surface area (Å²) in [6.45, 7) is 2.93. The van der Waals surface area contributed by atoms with Crippen molar-refractivity contribution < 1.29 is 0 Å². The highest BCUT2D eigenvalue weighted by molar-refractivity contribution is 4.61. The minimum absolute atomic E-state index is 0.228. The molecule has 0 aliphatic carbocycles. The van der Waals surface area contributed by atoms with Gasteiger partial charge in [-0.05, 0) is 6.42 Å².